The Labute approximate surface area is 117 Å². The van der Waals surface area contributed by atoms with Gasteiger partial charge in [-0.05, 0) is 42.3 Å². The molecule has 0 saturated heterocycles. The number of benzene rings is 2. The number of hydrogen-bond acceptors (Lipinski definition) is 1. The molecule has 0 aliphatic heterocycles. The number of aromatic nitrogens is 1. The molecule has 3 aromatic rings. The van der Waals surface area contributed by atoms with E-state index in [4.69, 9.17) is 0 Å². The predicted octanol–water partition coefficient (Wildman–Crippen LogP) is 3.98. The quantitative estimate of drug-likeness (QED) is 0.738. The Bertz CT molecular complexity index is 741. The summed E-state index contributed by atoms with van der Waals surface area (Å²) in [5, 5.41) is 3.88. The second-order valence-corrected chi connectivity index (χ2v) is 4.75. The molecule has 100 valence electrons. The highest BCUT2D eigenvalue weighted by molar-refractivity contribution is 6.12. The summed E-state index contributed by atoms with van der Waals surface area (Å²) in [7, 11) is 0. The van der Waals surface area contributed by atoms with Crippen molar-refractivity contribution in [3.63, 3.8) is 0 Å². The first-order chi connectivity index (χ1) is 9.78. The van der Waals surface area contributed by atoms with Crippen LogP contribution in [-0.2, 0) is 6.42 Å². The van der Waals surface area contributed by atoms with Crippen LogP contribution in [0.3, 0.4) is 0 Å². The van der Waals surface area contributed by atoms with Crippen molar-refractivity contribution in [2.75, 3.05) is 5.32 Å². The van der Waals surface area contributed by atoms with Gasteiger partial charge in [-0.1, -0.05) is 25.1 Å². The van der Waals surface area contributed by atoms with E-state index in [9.17, 15) is 4.79 Å². The van der Waals surface area contributed by atoms with Crippen molar-refractivity contribution >= 4 is 22.5 Å². The van der Waals surface area contributed by atoms with Gasteiger partial charge < -0.3 is 10.3 Å². The molecule has 0 aliphatic carbocycles. The van der Waals surface area contributed by atoms with Gasteiger partial charge in [-0.25, -0.2) is 0 Å². The molecule has 20 heavy (non-hydrogen) atoms. The number of aryl methyl sites for hydroxylation is 1. The first-order valence-electron chi connectivity index (χ1n) is 6.74. The van der Waals surface area contributed by atoms with E-state index in [-0.39, 0.29) is 5.91 Å². The Balaban J connectivity index is 1.87. The van der Waals surface area contributed by atoms with Crippen LogP contribution in [0.4, 0.5) is 5.69 Å². The standard InChI is InChI=1S/C17H16N2O/c1-2-12-6-8-13(9-7-12)19-17(20)15-4-3-5-16-14(15)10-11-18-16/h3-11,18H,2H2,1H3,(H,19,20). The SMILES string of the molecule is CCc1ccc(NC(=O)c2cccc3[nH]ccc23)cc1. The molecule has 0 saturated carbocycles. The Morgan fingerprint density at radius 2 is 1.90 bits per heavy atom. The summed E-state index contributed by atoms with van der Waals surface area (Å²) >= 11 is 0. The zero-order valence-corrected chi connectivity index (χ0v) is 11.3. The molecule has 3 nitrogen and oxygen atoms in total. The minimum atomic E-state index is -0.0838. The Morgan fingerprint density at radius 1 is 1.10 bits per heavy atom. The van der Waals surface area contributed by atoms with E-state index in [0.29, 0.717) is 5.56 Å². The van der Waals surface area contributed by atoms with Crippen LogP contribution in [0.2, 0.25) is 0 Å². The average molecular weight is 264 g/mol. The number of aromatic amines is 1. The number of H-pyrrole nitrogens is 1. The fraction of sp³-hybridized carbons (Fsp3) is 0.118. The molecule has 3 heteroatoms. The number of fused-ring (bicyclic) bond motifs is 1. The van der Waals surface area contributed by atoms with Crippen LogP contribution in [0.5, 0.6) is 0 Å². The van der Waals surface area contributed by atoms with Crippen LogP contribution in [0, 0.1) is 0 Å². The molecule has 0 radical (unpaired) electrons. The number of carbonyl (C=O) groups excluding carboxylic acids is 1. The number of amides is 1. The zero-order valence-electron chi connectivity index (χ0n) is 11.3. The van der Waals surface area contributed by atoms with Crippen molar-refractivity contribution in [3.05, 3.63) is 65.9 Å². The van der Waals surface area contributed by atoms with Crippen molar-refractivity contribution in [1.82, 2.24) is 4.98 Å². The third-order valence-electron chi connectivity index (χ3n) is 3.46. The van der Waals surface area contributed by atoms with Crippen molar-refractivity contribution in [1.29, 1.82) is 0 Å². The smallest absolute Gasteiger partial charge is 0.256 e. The highest BCUT2D eigenvalue weighted by atomic mass is 16.1. The molecular weight excluding hydrogens is 248 g/mol. The molecule has 3 rings (SSSR count). The first-order valence-corrected chi connectivity index (χ1v) is 6.74. The molecule has 1 aromatic heterocycles. The lowest BCUT2D eigenvalue weighted by Gasteiger charge is -2.07. The molecule has 0 atom stereocenters. The van der Waals surface area contributed by atoms with E-state index >= 15 is 0 Å². The zero-order chi connectivity index (χ0) is 13.9. The van der Waals surface area contributed by atoms with Gasteiger partial charge in [0.1, 0.15) is 0 Å². The maximum absolute atomic E-state index is 12.4. The fourth-order valence-corrected chi connectivity index (χ4v) is 2.31. The van der Waals surface area contributed by atoms with E-state index in [1.54, 1.807) is 0 Å². The lowest BCUT2D eigenvalue weighted by Crippen LogP contribution is -2.12. The van der Waals surface area contributed by atoms with Gasteiger partial charge in [0, 0.05) is 28.4 Å². The Morgan fingerprint density at radius 3 is 2.65 bits per heavy atom. The third kappa shape index (κ3) is 2.30. The molecule has 0 aliphatic rings. The van der Waals surface area contributed by atoms with E-state index in [2.05, 4.69) is 17.2 Å². The molecule has 1 amide bonds. The van der Waals surface area contributed by atoms with E-state index < -0.39 is 0 Å². The highest BCUT2D eigenvalue weighted by Gasteiger charge is 2.10. The van der Waals surface area contributed by atoms with Gasteiger partial charge in [-0.2, -0.15) is 0 Å². The van der Waals surface area contributed by atoms with Crippen molar-refractivity contribution < 1.29 is 4.79 Å². The van der Waals surface area contributed by atoms with E-state index in [1.807, 2.05) is 54.7 Å². The number of anilines is 1. The largest absolute Gasteiger partial charge is 0.361 e. The van der Waals surface area contributed by atoms with Gasteiger partial charge in [0.15, 0.2) is 0 Å². The summed E-state index contributed by atoms with van der Waals surface area (Å²) in [5.41, 5.74) is 3.73. The lowest BCUT2D eigenvalue weighted by atomic mass is 10.1. The van der Waals surface area contributed by atoms with Gasteiger partial charge in [-0.15, -0.1) is 0 Å². The minimum absolute atomic E-state index is 0.0838. The van der Waals surface area contributed by atoms with E-state index in [1.165, 1.54) is 5.56 Å². The molecule has 0 bridgehead atoms. The first kappa shape index (κ1) is 12.5. The summed E-state index contributed by atoms with van der Waals surface area (Å²) in [5.74, 6) is -0.0838. The van der Waals surface area contributed by atoms with Crippen LogP contribution >= 0.6 is 0 Å². The second-order valence-electron chi connectivity index (χ2n) is 4.75. The molecule has 0 unspecified atom stereocenters. The Kier molecular flexibility index (Phi) is 3.25. The summed E-state index contributed by atoms with van der Waals surface area (Å²) in [6.07, 6.45) is 2.84. The molecule has 0 fully saturated rings. The van der Waals surface area contributed by atoms with Crippen LogP contribution in [0.15, 0.2) is 54.7 Å². The summed E-state index contributed by atoms with van der Waals surface area (Å²) in [4.78, 5) is 15.5. The summed E-state index contributed by atoms with van der Waals surface area (Å²) < 4.78 is 0. The topological polar surface area (TPSA) is 44.9 Å². The van der Waals surface area contributed by atoms with Gasteiger partial charge in [0.2, 0.25) is 0 Å². The number of hydrogen-bond donors (Lipinski definition) is 2. The summed E-state index contributed by atoms with van der Waals surface area (Å²) in [6, 6.07) is 15.5. The van der Waals surface area contributed by atoms with Gasteiger partial charge in [0.25, 0.3) is 5.91 Å². The molecule has 1 heterocycles. The van der Waals surface area contributed by atoms with Crippen LogP contribution in [0.1, 0.15) is 22.8 Å². The van der Waals surface area contributed by atoms with Gasteiger partial charge >= 0.3 is 0 Å². The highest BCUT2D eigenvalue weighted by Crippen LogP contribution is 2.19. The number of rotatable bonds is 3. The third-order valence-corrected chi connectivity index (χ3v) is 3.46. The number of carbonyl (C=O) groups is 1. The second kappa shape index (κ2) is 5.21. The maximum atomic E-state index is 12.4. The molecule has 0 spiro atoms. The average Bonchev–Trinajstić information content (AvgIpc) is 2.96. The van der Waals surface area contributed by atoms with Crippen molar-refractivity contribution in [2.45, 2.75) is 13.3 Å². The predicted molar refractivity (Wildman–Crippen MR) is 82.1 cm³/mol. The molecule has 2 N–H and O–H groups in total. The van der Waals surface area contributed by atoms with Gasteiger partial charge in [0.05, 0.1) is 0 Å². The Hall–Kier alpha value is -2.55. The number of nitrogens with one attached hydrogen (secondary N) is 2. The summed E-state index contributed by atoms with van der Waals surface area (Å²) in [6.45, 7) is 2.11. The normalized spacial score (nSPS) is 10.7. The maximum Gasteiger partial charge on any atom is 0.256 e. The fourth-order valence-electron chi connectivity index (χ4n) is 2.31. The molecular formula is C17H16N2O. The van der Waals surface area contributed by atoms with Crippen LogP contribution < -0.4 is 5.32 Å². The van der Waals surface area contributed by atoms with Crippen LogP contribution in [0.25, 0.3) is 10.9 Å². The van der Waals surface area contributed by atoms with Gasteiger partial charge in [-0.3, -0.25) is 4.79 Å². The van der Waals surface area contributed by atoms with Crippen LogP contribution in [-0.4, -0.2) is 10.9 Å². The van der Waals surface area contributed by atoms with Crippen molar-refractivity contribution in [2.24, 2.45) is 0 Å². The lowest BCUT2D eigenvalue weighted by molar-refractivity contribution is 0.102. The molecule has 2 aromatic carbocycles. The monoisotopic (exact) mass is 264 g/mol. The minimum Gasteiger partial charge on any atom is -0.361 e. The van der Waals surface area contributed by atoms with Crippen molar-refractivity contribution in [3.8, 4) is 0 Å². The van der Waals surface area contributed by atoms with E-state index in [0.717, 1.165) is 23.0 Å².